The molecule has 0 aliphatic heterocycles. The van der Waals surface area contributed by atoms with Gasteiger partial charge in [0.25, 0.3) is 0 Å². The largest absolute Gasteiger partial charge is 0.495 e. The standard InChI is InChI=1S/C12H15NO3/c1-16-11-6-9(7-13-8-11)12(15)4-2-10(14)3-5-12/h6-8,15H,2-5H2,1H3. The second-order valence-corrected chi connectivity index (χ2v) is 4.18. The van der Waals surface area contributed by atoms with E-state index >= 15 is 0 Å². The number of aromatic nitrogens is 1. The molecule has 0 bridgehead atoms. The van der Waals surface area contributed by atoms with E-state index in [1.165, 1.54) is 0 Å². The monoisotopic (exact) mass is 221 g/mol. The van der Waals surface area contributed by atoms with Gasteiger partial charge in [0.2, 0.25) is 0 Å². The molecule has 86 valence electrons. The van der Waals surface area contributed by atoms with Crippen LogP contribution in [0.4, 0.5) is 0 Å². The number of ether oxygens (including phenoxy) is 1. The fourth-order valence-electron chi connectivity index (χ4n) is 2.02. The zero-order chi connectivity index (χ0) is 11.6. The van der Waals surface area contributed by atoms with E-state index in [0.717, 1.165) is 5.56 Å². The molecule has 1 fully saturated rings. The first-order chi connectivity index (χ1) is 7.64. The first kappa shape index (κ1) is 11.1. The lowest BCUT2D eigenvalue weighted by Gasteiger charge is -2.31. The number of pyridine rings is 1. The number of carbonyl (C=O) groups is 1. The van der Waals surface area contributed by atoms with Gasteiger partial charge in [-0.3, -0.25) is 9.78 Å². The van der Waals surface area contributed by atoms with Crippen molar-refractivity contribution in [3.63, 3.8) is 0 Å². The lowest BCUT2D eigenvalue weighted by atomic mass is 9.80. The van der Waals surface area contributed by atoms with Gasteiger partial charge in [0.1, 0.15) is 11.5 Å². The van der Waals surface area contributed by atoms with Gasteiger partial charge in [0.15, 0.2) is 0 Å². The topological polar surface area (TPSA) is 59.4 Å². The number of aliphatic hydroxyl groups is 1. The van der Waals surface area contributed by atoms with E-state index in [1.54, 1.807) is 25.6 Å². The average molecular weight is 221 g/mol. The highest BCUT2D eigenvalue weighted by Crippen LogP contribution is 2.36. The van der Waals surface area contributed by atoms with E-state index in [9.17, 15) is 9.90 Å². The Bertz CT molecular complexity index is 393. The van der Waals surface area contributed by atoms with Gasteiger partial charge in [-0.1, -0.05) is 0 Å². The van der Waals surface area contributed by atoms with Gasteiger partial charge in [-0.25, -0.2) is 0 Å². The number of rotatable bonds is 2. The fourth-order valence-corrected chi connectivity index (χ4v) is 2.02. The first-order valence-electron chi connectivity index (χ1n) is 5.38. The van der Waals surface area contributed by atoms with Crippen LogP contribution in [0, 0.1) is 0 Å². The van der Waals surface area contributed by atoms with Gasteiger partial charge in [-0.05, 0) is 18.9 Å². The molecular formula is C12H15NO3. The zero-order valence-corrected chi connectivity index (χ0v) is 9.27. The Labute approximate surface area is 94.3 Å². The Morgan fingerprint density at radius 1 is 1.38 bits per heavy atom. The molecule has 0 saturated heterocycles. The minimum absolute atomic E-state index is 0.223. The van der Waals surface area contributed by atoms with Crippen LogP contribution in [-0.4, -0.2) is 23.0 Å². The number of nitrogens with zero attached hydrogens (tertiary/aromatic N) is 1. The van der Waals surface area contributed by atoms with Crippen LogP contribution in [0.3, 0.4) is 0 Å². The minimum atomic E-state index is -0.921. The average Bonchev–Trinajstić information content (AvgIpc) is 2.33. The molecule has 1 N–H and O–H groups in total. The Morgan fingerprint density at radius 2 is 2.06 bits per heavy atom. The number of ketones is 1. The van der Waals surface area contributed by atoms with Crippen molar-refractivity contribution >= 4 is 5.78 Å². The lowest BCUT2D eigenvalue weighted by molar-refractivity contribution is -0.125. The summed E-state index contributed by atoms with van der Waals surface area (Å²) in [6, 6.07) is 1.78. The van der Waals surface area contributed by atoms with Crippen LogP contribution in [-0.2, 0) is 10.4 Å². The molecule has 0 aromatic carbocycles. The highest BCUT2D eigenvalue weighted by atomic mass is 16.5. The van der Waals surface area contributed by atoms with Gasteiger partial charge in [-0.2, -0.15) is 0 Å². The van der Waals surface area contributed by atoms with Crippen LogP contribution < -0.4 is 4.74 Å². The summed E-state index contributed by atoms with van der Waals surface area (Å²) in [6.07, 6.45) is 5.06. The Kier molecular flexibility index (Phi) is 2.92. The van der Waals surface area contributed by atoms with Crippen molar-refractivity contribution in [3.8, 4) is 5.75 Å². The molecule has 1 aromatic heterocycles. The van der Waals surface area contributed by atoms with Crippen LogP contribution in [0.5, 0.6) is 5.75 Å². The molecule has 1 heterocycles. The van der Waals surface area contributed by atoms with Gasteiger partial charge in [0.05, 0.1) is 18.9 Å². The number of carbonyl (C=O) groups excluding carboxylic acids is 1. The summed E-state index contributed by atoms with van der Waals surface area (Å²) in [7, 11) is 1.56. The van der Waals surface area contributed by atoms with Crippen LogP contribution >= 0.6 is 0 Å². The van der Waals surface area contributed by atoms with Crippen LogP contribution in [0.1, 0.15) is 31.2 Å². The van der Waals surface area contributed by atoms with Gasteiger partial charge in [0, 0.05) is 24.6 Å². The summed E-state index contributed by atoms with van der Waals surface area (Å²) < 4.78 is 5.07. The molecule has 1 aliphatic rings. The normalized spacial score (nSPS) is 19.5. The predicted octanol–water partition coefficient (Wildman–Crippen LogP) is 1.42. The highest BCUT2D eigenvalue weighted by Gasteiger charge is 2.34. The maximum atomic E-state index is 11.2. The van der Waals surface area contributed by atoms with Crippen molar-refractivity contribution < 1.29 is 14.6 Å². The first-order valence-corrected chi connectivity index (χ1v) is 5.38. The molecule has 0 unspecified atom stereocenters. The van der Waals surface area contributed by atoms with Crippen LogP contribution in [0.2, 0.25) is 0 Å². The number of Topliss-reactive ketones (excluding diaryl/α,β-unsaturated/α-hetero) is 1. The van der Waals surface area contributed by atoms with E-state index in [4.69, 9.17) is 4.74 Å². The maximum absolute atomic E-state index is 11.2. The van der Waals surface area contributed by atoms with E-state index in [-0.39, 0.29) is 5.78 Å². The second-order valence-electron chi connectivity index (χ2n) is 4.18. The van der Waals surface area contributed by atoms with E-state index < -0.39 is 5.60 Å². The fraction of sp³-hybridized carbons (Fsp3) is 0.500. The molecular weight excluding hydrogens is 206 g/mol. The highest BCUT2D eigenvalue weighted by molar-refractivity contribution is 5.79. The molecule has 4 nitrogen and oxygen atoms in total. The van der Waals surface area contributed by atoms with Crippen LogP contribution in [0.15, 0.2) is 18.5 Å². The second kappa shape index (κ2) is 4.22. The summed E-state index contributed by atoms with van der Waals surface area (Å²) in [5.41, 5.74) is -0.186. The van der Waals surface area contributed by atoms with E-state index in [0.29, 0.717) is 31.4 Å². The van der Waals surface area contributed by atoms with Crippen molar-refractivity contribution in [2.45, 2.75) is 31.3 Å². The third kappa shape index (κ3) is 2.07. The molecule has 1 aliphatic carbocycles. The van der Waals surface area contributed by atoms with Crippen LogP contribution in [0.25, 0.3) is 0 Å². The van der Waals surface area contributed by atoms with Gasteiger partial charge < -0.3 is 9.84 Å². The van der Waals surface area contributed by atoms with Crippen molar-refractivity contribution in [3.05, 3.63) is 24.0 Å². The number of hydrogen-bond acceptors (Lipinski definition) is 4. The molecule has 1 saturated carbocycles. The minimum Gasteiger partial charge on any atom is -0.495 e. The molecule has 0 radical (unpaired) electrons. The molecule has 4 heteroatoms. The Balaban J connectivity index is 2.25. The molecule has 0 spiro atoms. The van der Waals surface area contributed by atoms with E-state index in [2.05, 4.69) is 4.98 Å². The maximum Gasteiger partial charge on any atom is 0.137 e. The van der Waals surface area contributed by atoms with Crippen molar-refractivity contribution in [2.75, 3.05) is 7.11 Å². The predicted molar refractivity (Wildman–Crippen MR) is 58.2 cm³/mol. The number of methoxy groups -OCH3 is 1. The van der Waals surface area contributed by atoms with Gasteiger partial charge in [-0.15, -0.1) is 0 Å². The molecule has 2 rings (SSSR count). The quantitative estimate of drug-likeness (QED) is 0.820. The lowest BCUT2D eigenvalue weighted by Crippen LogP contribution is -2.31. The third-order valence-electron chi connectivity index (χ3n) is 3.12. The van der Waals surface area contributed by atoms with E-state index in [1.807, 2.05) is 0 Å². The SMILES string of the molecule is COc1cncc(C2(O)CCC(=O)CC2)c1. The van der Waals surface area contributed by atoms with Crippen molar-refractivity contribution in [2.24, 2.45) is 0 Å². The summed E-state index contributed by atoms with van der Waals surface area (Å²) in [5, 5.41) is 10.4. The summed E-state index contributed by atoms with van der Waals surface area (Å²) in [5.74, 6) is 0.850. The number of hydrogen-bond donors (Lipinski definition) is 1. The Morgan fingerprint density at radius 3 is 2.69 bits per heavy atom. The van der Waals surface area contributed by atoms with Crippen molar-refractivity contribution in [1.29, 1.82) is 0 Å². The summed E-state index contributed by atoms with van der Waals surface area (Å²) in [4.78, 5) is 15.2. The smallest absolute Gasteiger partial charge is 0.137 e. The molecule has 0 atom stereocenters. The third-order valence-corrected chi connectivity index (χ3v) is 3.12. The van der Waals surface area contributed by atoms with Crippen molar-refractivity contribution in [1.82, 2.24) is 4.98 Å². The molecule has 0 amide bonds. The summed E-state index contributed by atoms with van der Waals surface area (Å²) in [6.45, 7) is 0. The Hall–Kier alpha value is -1.42. The zero-order valence-electron chi connectivity index (χ0n) is 9.27. The van der Waals surface area contributed by atoms with Gasteiger partial charge >= 0.3 is 0 Å². The molecule has 16 heavy (non-hydrogen) atoms. The molecule has 1 aromatic rings. The summed E-state index contributed by atoms with van der Waals surface area (Å²) >= 11 is 0.